The van der Waals surface area contributed by atoms with Gasteiger partial charge in [-0.2, -0.15) is 0 Å². The van der Waals surface area contributed by atoms with Crippen LogP contribution in [0.15, 0.2) is 54.6 Å². The Morgan fingerprint density at radius 1 is 1.08 bits per heavy atom. The van der Waals surface area contributed by atoms with Crippen LogP contribution < -0.4 is 5.32 Å². The maximum absolute atomic E-state index is 13.6. The van der Waals surface area contributed by atoms with Crippen molar-refractivity contribution in [3.05, 3.63) is 70.7 Å². The number of rotatable bonds is 8. The van der Waals surface area contributed by atoms with Gasteiger partial charge in [-0.05, 0) is 24.1 Å². The molecule has 0 aliphatic heterocycles. The van der Waals surface area contributed by atoms with Crippen molar-refractivity contribution in [1.29, 1.82) is 0 Å². The quantitative estimate of drug-likeness (QED) is 0.596. The third kappa shape index (κ3) is 4.49. The number of hydrogen-bond acceptors (Lipinski definition) is 3. The molecule has 5 heteroatoms. The van der Waals surface area contributed by atoms with Crippen molar-refractivity contribution in [2.75, 3.05) is 6.61 Å². The normalized spacial score (nSPS) is 15.2. The van der Waals surface area contributed by atoms with E-state index in [1.165, 1.54) is 0 Å². The molecule has 0 aliphatic carbocycles. The standard InChI is InChI=1S/C19H25ClNO2P/c1-4-23-24(22,15(2)3)19(17-12-8-9-13-18(17)20)21-14-16-10-6-5-7-11-16/h5-13,15,19,21H,4,14H2,1-3H3. The van der Waals surface area contributed by atoms with Crippen LogP contribution >= 0.6 is 19.0 Å². The second-order valence-corrected chi connectivity index (χ2v) is 9.45. The highest BCUT2D eigenvalue weighted by Crippen LogP contribution is 2.63. The van der Waals surface area contributed by atoms with E-state index in [2.05, 4.69) is 5.32 Å². The molecular formula is C19H25ClNO2P. The summed E-state index contributed by atoms with van der Waals surface area (Å²) in [6.45, 7) is 6.74. The predicted octanol–water partition coefficient (Wildman–Crippen LogP) is 5.85. The molecule has 2 atom stereocenters. The van der Waals surface area contributed by atoms with Crippen molar-refractivity contribution in [3.8, 4) is 0 Å². The lowest BCUT2D eigenvalue weighted by molar-refractivity contribution is 0.314. The smallest absolute Gasteiger partial charge is 0.226 e. The molecule has 2 aromatic rings. The molecule has 0 amide bonds. The largest absolute Gasteiger partial charge is 0.327 e. The van der Waals surface area contributed by atoms with Crippen molar-refractivity contribution >= 4 is 19.0 Å². The third-order valence-corrected chi connectivity index (χ3v) is 7.58. The minimum absolute atomic E-state index is 0.109. The monoisotopic (exact) mass is 365 g/mol. The van der Waals surface area contributed by atoms with Gasteiger partial charge in [0.25, 0.3) is 0 Å². The lowest BCUT2D eigenvalue weighted by Crippen LogP contribution is -2.25. The topological polar surface area (TPSA) is 38.3 Å². The van der Waals surface area contributed by atoms with Crippen LogP contribution in [0.4, 0.5) is 0 Å². The molecule has 0 heterocycles. The highest BCUT2D eigenvalue weighted by atomic mass is 35.5. The average Bonchev–Trinajstić information content (AvgIpc) is 2.57. The molecule has 0 saturated heterocycles. The SMILES string of the molecule is CCOP(=O)(C(C)C)C(NCc1ccccc1)c1ccccc1Cl. The Labute approximate surface area is 149 Å². The molecule has 2 unspecified atom stereocenters. The maximum Gasteiger partial charge on any atom is 0.226 e. The van der Waals surface area contributed by atoms with Crippen LogP contribution in [0.1, 0.15) is 37.7 Å². The average molecular weight is 366 g/mol. The molecule has 0 aromatic heterocycles. The molecule has 2 rings (SSSR count). The van der Waals surface area contributed by atoms with Crippen LogP contribution in [0.25, 0.3) is 0 Å². The Kier molecular flexibility index (Phi) is 7.06. The van der Waals surface area contributed by atoms with Crippen LogP contribution in [0.2, 0.25) is 5.02 Å². The van der Waals surface area contributed by atoms with Crippen LogP contribution in [-0.2, 0) is 15.6 Å². The summed E-state index contributed by atoms with van der Waals surface area (Å²) in [7, 11) is -2.98. The summed E-state index contributed by atoms with van der Waals surface area (Å²) in [6.07, 6.45) is 0. The number of halogens is 1. The summed E-state index contributed by atoms with van der Waals surface area (Å²) in [5.74, 6) is -0.439. The van der Waals surface area contributed by atoms with Gasteiger partial charge < -0.3 is 4.52 Å². The van der Waals surface area contributed by atoms with E-state index >= 15 is 0 Å². The van der Waals surface area contributed by atoms with Gasteiger partial charge in [-0.3, -0.25) is 9.88 Å². The van der Waals surface area contributed by atoms with Gasteiger partial charge in [-0.25, -0.2) is 0 Å². The number of benzene rings is 2. The van der Waals surface area contributed by atoms with Gasteiger partial charge in [0.2, 0.25) is 7.37 Å². The van der Waals surface area contributed by atoms with E-state index in [0.29, 0.717) is 18.2 Å². The Morgan fingerprint density at radius 3 is 2.29 bits per heavy atom. The Hall–Kier alpha value is -1.12. The van der Waals surface area contributed by atoms with Gasteiger partial charge >= 0.3 is 0 Å². The Morgan fingerprint density at radius 2 is 1.71 bits per heavy atom. The van der Waals surface area contributed by atoms with E-state index in [9.17, 15) is 4.57 Å². The summed E-state index contributed by atoms with van der Waals surface area (Å²) < 4.78 is 19.4. The van der Waals surface area contributed by atoms with Crippen LogP contribution in [0.5, 0.6) is 0 Å². The minimum atomic E-state index is -2.98. The van der Waals surface area contributed by atoms with Gasteiger partial charge in [0.15, 0.2) is 0 Å². The van der Waals surface area contributed by atoms with Crippen LogP contribution in [0.3, 0.4) is 0 Å². The predicted molar refractivity (Wildman–Crippen MR) is 102 cm³/mol. The summed E-state index contributed by atoms with van der Waals surface area (Å²) in [5.41, 5.74) is 1.84. The zero-order valence-corrected chi connectivity index (χ0v) is 16.1. The van der Waals surface area contributed by atoms with Crippen molar-refractivity contribution in [3.63, 3.8) is 0 Å². The van der Waals surface area contributed by atoms with Gasteiger partial charge in [0, 0.05) is 17.2 Å². The second-order valence-electron chi connectivity index (χ2n) is 5.95. The Balaban J connectivity index is 2.37. The first-order valence-corrected chi connectivity index (χ1v) is 10.4. The summed E-state index contributed by atoms with van der Waals surface area (Å²) >= 11 is 6.39. The minimum Gasteiger partial charge on any atom is -0.327 e. The van der Waals surface area contributed by atoms with E-state index in [4.69, 9.17) is 16.1 Å². The number of nitrogens with one attached hydrogen (secondary N) is 1. The van der Waals surface area contributed by atoms with Crippen molar-refractivity contribution < 1.29 is 9.09 Å². The fourth-order valence-electron chi connectivity index (χ4n) is 2.66. The first-order chi connectivity index (χ1) is 11.5. The molecule has 0 bridgehead atoms. The van der Waals surface area contributed by atoms with Crippen molar-refractivity contribution in [2.24, 2.45) is 0 Å². The lowest BCUT2D eigenvalue weighted by atomic mass is 10.2. The van der Waals surface area contributed by atoms with E-state index < -0.39 is 13.2 Å². The van der Waals surface area contributed by atoms with Crippen LogP contribution in [-0.4, -0.2) is 12.3 Å². The van der Waals surface area contributed by atoms with E-state index in [1.807, 2.05) is 75.4 Å². The fourth-order valence-corrected chi connectivity index (χ4v) is 5.39. The third-order valence-electron chi connectivity index (χ3n) is 3.95. The first kappa shape index (κ1) is 19.2. The molecule has 24 heavy (non-hydrogen) atoms. The molecule has 2 aromatic carbocycles. The zero-order valence-electron chi connectivity index (χ0n) is 14.4. The molecular weight excluding hydrogens is 341 g/mol. The fraction of sp³-hybridized carbons (Fsp3) is 0.368. The highest BCUT2D eigenvalue weighted by Gasteiger charge is 2.39. The first-order valence-electron chi connectivity index (χ1n) is 8.24. The zero-order chi connectivity index (χ0) is 17.6. The highest BCUT2D eigenvalue weighted by molar-refractivity contribution is 7.60. The van der Waals surface area contributed by atoms with Crippen molar-refractivity contribution in [1.82, 2.24) is 5.32 Å². The summed E-state index contributed by atoms with van der Waals surface area (Å²) in [4.78, 5) is 0. The molecule has 0 aliphatic rings. The molecule has 0 fully saturated rings. The van der Waals surface area contributed by atoms with E-state index in [1.54, 1.807) is 0 Å². The maximum atomic E-state index is 13.6. The van der Waals surface area contributed by atoms with Gasteiger partial charge in [-0.15, -0.1) is 0 Å². The van der Waals surface area contributed by atoms with E-state index in [-0.39, 0.29) is 5.66 Å². The molecule has 0 radical (unpaired) electrons. The lowest BCUT2D eigenvalue weighted by Gasteiger charge is -2.32. The molecule has 1 N–H and O–H groups in total. The summed E-state index contributed by atoms with van der Waals surface area (Å²) in [5, 5.41) is 4.03. The molecule has 0 spiro atoms. The number of hydrogen-bond donors (Lipinski definition) is 1. The molecule has 130 valence electrons. The Bertz CT molecular complexity index is 691. The van der Waals surface area contributed by atoms with E-state index in [0.717, 1.165) is 11.1 Å². The van der Waals surface area contributed by atoms with Crippen molar-refractivity contribution in [2.45, 2.75) is 38.8 Å². The van der Waals surface area contributed by atoms with Gasteiger partial charge in [0.05, 0.1) is 6.61 Å². The second kappa shape index (κ2) is 8.82. The van der Waals surface area contributed by atoms with Gasteiger partial charge in [-0.1, -0.05) is 74.0 Å². The van der Waals surface area contributed by atoms with Crippen LogP contribution in [0, 0.1) is 0 Å². The summed E-state index contributed by atoms with van der Waals surface area (Å²) in [6, 6.07) is 17.6. The molecule has 3 nitrogen and oxygen atoms in total. The van der Waals surface area contributed by atoms with Gasteiger partial charge in [0.1, 0.15) is 5.78 Å². The molecule has 0 saturated carbocycles.